The predicted octanol–water partition coefficient (Wildman–Crippen LogP) is -2.98. The fourth-order valence-corrected chi connectivity index (χ4v) is 9.04. The number of hydrogen-bond donors (Lipinski definition) is 11. The second kappa shape index (κ2) is 23.0. The first-order valence-corrected chi connectivity index (χ1v) is 23.1. The van der Waals surface area contributed by atoms with Gasteiger partial charge in [-0.05, 0) is 87.6 Å². The molecule has 2 aliphatic rings. The molecule has 1 aliphatic heterocycles. The minimum absolute atomic E-state index is 0. The van der Waals surface area contributed by atoms with Crippen LogP contribution in [0.1, 0.15) is 33.4 Å². The molecule has 0 radical (unpaired) electrons. The van der Waals surface area contributed by atoms with Crippen LogP contribution in [0.4, 0.5) is 38.0 Å². The normalized spacial score (nSPS) is 12.7. The first-order valence-electron chi connectivity index (χ1n) is 20.3. The van der Waals surface area contributed by atoms with Crippen molar-refractivity contribution in [3.05, 3.63) is 105 Å². The van der Waals surface area contributed by atoms with Crippen molar-refractivity contribution >= 4 is 71.7 Å². The molecular weight excluding hydrogens is 943 g/mol. The molecule has 0 spiro atoms. The maximum atomic E-state index is 13.1. The Bertz CT molecular complexity index is 3170. The summed E-state index contributed by atoms with van der Waals surface area (Å²) in [6, 6.07) is 16.2. The van der Waals surface area contributed by atoms with Gasteiger partial charge in [0.1, 0.15) is 25.7 Å². The summed E-state index contributed by atoms with van der Waals surface area (Å²) in [5.74, 6) is -0.0243. The Morgan fingerprint density at radius 1 is 0.735 bits per heavy atom. The number of anilines is 4. The molecule has 4 aromatic carbocycles. The van der Waals surface area contributed by atoms with Crippen molar-refractivity contribution < 1.29 is 124 Å². The fraction of sp³-hybridized carbons (Fsp3) is 0.267. The average Bonchev–Trinajstić information content (AvgIpc) is 3.25. The van der Waals surface area contributed by atoms with Crippen LogP contribution < -0.4 is 96.0 Å². The SMILES string of the molecule is Cc1cc(C)c(Nc2[c-]cc3c(-c4ccccc4S(=O)(=O)O)c4cc(S(=O)(=O)[O-])c(=[NH+]c5c(C)cc(C)c(NC(=O)NCC(O)CO)c5C)cc-4oc3c2)c(C)c1NC(=O)NCC(O)CO.[Na+].[Na+]. The van der Waals surface area contributed by atoms with Crippen LogP contribution in [0.5, 0.6) is 0 Å². The van der Waals surface area contributed by atoms with Crippen LogP contribution in [-0.2, 0) is 20.2 Å². The van der Waals surface area contributed by atoms with Crippen LogP contribution >= 0.6 is 0 Å². The molecule has 4 amide bonds. The topological polar surface area (TPSA) is 314 Å². The molecule has 1 aliphatic carbocycles. The van der Waals surface area contributed by atoms with E-state index in [1.807, 2.05) is 13.0 Å². The van der Waals surface area contributed by atoms with Crippen LogP contribution in [0.25, 0.3) is 33.4 Å². The molecule has 6 rings (SSSR count). The summed E-state index contributed by atoms with van der Waals surface area (Å²) in [5.41, 5.74) is 5.95. The summed E-state index contributed by atoms with van der Waals surface area (Å²) in [4.78, 5) is 27.3. The molecule has 4 aromatic rings. The molecule has 23 heteroatoms. The van der Waals surface area contributed by atoms with Gasteiger partial charge in [0.2, 0.25) is 11.0 Å². The molecule has 19 nitrogen and oxygen atoms in total. The third kappa shape index (κ3) is 12.7. The molecular formula is C45H49N6Na2O13S2+. The van der Waals surface area contributed by atoms with Crippen LogP contribution in [0.3, 0.4) is 0 Å². The van der Waals surface area contributed by atoms with Crippen molar-refractivity contribution in [3.63, 3.8) is 0 Å². The molecule has 350 valence electrons. The first-order chi connectivity index (χ1) is 31.0. The van der Waals surface area contributed by atoms with E-state index in [1.165, 1.54) is 36.4 Å². The van der Waals surface area contributed by atoms with E-state index in [2.05, 4.69) is 37.6 Å². The summed E-state index contributed by atoms with van der Waals surface area (Å²) in [6.45, 7) is 8.99. The zero-order chi connectivity index (χ0) is 48.4. The summed E-state index contributed by atoms with van der Waals surface area (Å²) < 4.78 is 81.9. The van der Waals surface area contributed by atoms with E-state index >= 15 is 0 Å². The van der Waals surface area contributed by atoms with Crippen molar-refractivity contribution in [2.24, 2.45) is 0 Å². The van der Waals surface area contributed by atoms with Crippen molar-refractivity contribution in [1.82, 2.24) is 10.6 Å². The van der Waals surface area contributed by atoms with Crippen LogP contribution in [0.15, 0.2) is 74.9 Å². The van der Waals surface area contributed by atoms with Gasteiger partial charge in [-0.3, -0.25) is 4.55 Å². The van der Waals surface area contributed by atoms with E-state index in [1.54, 1.807) is 46.8 Å². The van der Waals surface area contributed by atoms with E-state index in [-0.39, 0.29) is 111 Å². The monoisotopic (exact) mass is 991 g/mol. The van der Waals surface area contributed by atoms with E-state index < -0.39 is 67.5 Å². The Morgan fingerprint density at radius 3 is 1.84 bits per heavy atom. The Labute approximate surface area is 436 Å². The molecule has 0 bridgehead atoms. The number of aliphatic hydroxyl groups excluding tert-OH is 4. The van der Waals surface area contributed by atoms with Gasteiger partial charge in [0.15, 0.2) is 0 Å². The van der Waals surface area contributed by atoms with Gasteiger partial charge in [-0.15, -0.1) is 6.07 Å². The molecule has 1 heterocycles. The van der Waals surface area contributed by atoms with Gasteiger partial charge < -0.3 is 56.0 Å². The summed E-state index contributed by atoms with van der Waals surface area (Å²) >= 11 is 0. The zero-order valence-electron chi connectivity index (χ0n) is 38.6. The molecule has 2 atom stereocenters. The van der Waals surface area contributed by atoms with Gasteiger partial charge in [-0.1, -0.05) is 40.9 Å². The Kier molecular flexibility index (Phi) is 19.0. The van der Waals surface area contributed by atoms with Crippen LogP contribution in [0, 0.1) is 47.6 Å². The van der Waals surface area contributed by atoms with Crippen molar-refractivity contribution in [2.75, 3.05) is 42.3 Å². The number of fused-ring (bicyclic) bond motifs is 2. The fourth-order valence-electron chi connectivity index (χ4n) is 7.70. The van der Waals surface area contributed by atoms with E-state index in [4.69, 9.17) is 14.6 Å². The quantitative estimate of drug-likeness (QED) is 0.0225. The van der Waals surface area contributed by atoms with Gasteiger partial charge in [-0.2, -0.15) is 20.6 Å². The first kappa shape index (κ1) is 56.2. The standard InChI is InChI=1S/C45H49N6O13S2.2Na/c1-22-13-24(3)42(50-44(56)46-18-29(54)20-52)26(5)40(22)48-28-11-12-31-35(15-28)64-36-17-34(49-41-23(2)14-25(4)43(27(41)6)51-45(57)47-19-30(55)21-53)38(66(61,62)63)16-33(36)39(31)32-9-7-8-10-37(32)65(58,59)60;;/h7-10,12-17,29-30,48,52-55H,18-21H2,1-6H3,(H2,46,50,56)(H2,47,51,57)(H,58,59,60)(H,61,62,63);;/q-1;2*+1. The van der Waals surface area contributed by atoms with E-state index in [9.17, 15) is 45.7 Å². The molecule has 0 fully saturated rings. The maximum absolute atomic E-state index is 13.1. The predicted molar refractivity (Wildman–Crippen MR) is 243 cm³/mol. The van der Waals surface area contributed by atoms with Crippen LogP contribution in [0.2, 0.25) is 0 Å². The van der Waals surface area contributed by atoms with Crippen molar-refractivity contribution in [1.29, 1.82) is 0 Å². The van der Waals surface area contributed by atoms with Crippen molar-refractivity contribution in [2.45, 2.75) is 63.5 Å². The molecule has 2 unspecified atom stereocenters. The third-order valence-electron chi connectivity index (χ3n) is 10.8. The van der Waals surface area contributed by atoms with Gasteiger partial charge in [0.05, 0.1) is 42.9 Å². The number of nitrogens with one attached hydrogen (secondary N) is 6. The number of amides is 4. The summed E-state index contributed by atoms with van der Waals surface area (Å²) in [7, 11) is -10.2. The Morgan fingerprint density at radius 2 is 1.28 bits per heavy atom. The smallest absolute Gasteiger partial charge is 0.744 e. The van der Waals surface area contributed by atoms with Gasteiger partial charge in [0.25, 0.3) is 10.1 Å². The number of hydrogen-bond acceptors (Lipinski definition) is 13. The van der Waals surface area contributed by atoms with Crippen LogP contribution in [-0.4, -0.2) is 96.9 Å². The second-order valence-electron chi connectivity index (χ2n) is 15.7. The van der Waals surface area contributed by atoms with E-state index in [0.29, 0.717) is 50.7 Å². The van der Waals surface area contributed by atoms with Gasteiger partial charge >= 0.3 is 71.2 Å². The number of aryl methyl sites for hydroxylation is 4. The number of urea groups is 2. The largest absolute Gasteiger partial charge is 1.00 e. The van der Waals surface area contributed by atoms with Crippen molar-refractivity contribution in [3.8, 4) is 22.5 Å². The molecule has 68 heavy (non-hydrogen) atoms. The Balaban J connectivity index is 0.00000504. The molecule has 11 N–H and O–H groups in total. The zero-order valence-corrected chi connectivity index (χ0v) is 44.2. The minimum atomic E-state index is -5.30. The molecule has 0 aromatic heterocycles. The third-order valence-corrected chi connectivity index (χ3v) is 12.6. The number of carbonyl (C=O) groups is 2. The number of benzene rings is 5. The second-order valence-corrected chi connectivity index (χ2v) is 18.5. The Hall–Kier alpha value is -4.43. The number of aliphatic hydroxyl groups is 4. The summed E-state index contributed by atoms with van der Waals surface area (Å²) in [5, 5.41) is 51.4. The van der Waals surface area contributed by atoms with Gasteiger partial charge in [-0.25, -0.2) is 23.0 Å². The maximum Gasteiger partial charge on any atom is 1.00 e. The van der Waals surface area contributed by atoms with E-state index in [0.717, 1.165) is 17.2 Å². The van der Waals surface area contributed by atoms with Gasteiger partial charge in [0, 0.05) is 41.1 Å². The minimum Gasteiger partial charge on any atom is -0.744 e. The summed E-state index contributed by atoms with van der Waals surface area (Å²) in [6.07, 6.45) is -2.34. The molecule has 0 saturated carbocycles. The average molecular weight is 992 g/mol. The molecule has 0 saturated heterocycles. The number of rotatable bonds is 14. The number of carbonyl (C=O) groups excluding carboxylic acids is 2.